The molecule has 0 spiro atoms. The lowest BCUT2D eigenvalue weighted by Gasteiger charge is -2.22. The second-order valence-electron chi connectivity index (χ2n) is 6.98. The lowest BCUT2D eigenvalue weighted by Crippen LogP contribution is -2.39. The number of nitrogens with zero attached hydrogens (tertiary/aromatic N) is 2. The molecule has 0 atom stereocenters. The molecule has 0 aliphatic carbocycles. The van der Waals surface area contributed by atoms with Gasteiger partial charge in [-0.2, -0.15) is 0 Å². The fourth-order valence-electron chi connectivity index (χ4n) is 2.86. The lowest BCUT2D eigenvalue weighted by atomic mass is 10.1. The zero-order valence-electron chi connectivity index (χ0n) is 17.4. The van der Waals surface area contributed by atoms with Crippen molar-refractivity contribution in [3.63, 3.8) is 0 Å². The molecule has 0 radical (unpaired) electrons. The van der Waals surface area contributed by atoms with Crippen LogP contribution in [-0.4, -0.2) is 55.9 Å². The Bertz CT molecular complexity index is 840. The van der Waals surface area contributed by atoms with Gasteiger partial charge in [0.25, 0.3) is 0 Å². The molecular weight excluding hydrogens is 390 g/mol. The minimum absolute atomic E-state index is 0.0554. The van der Waals surface area contributed by atoms with Gasteiger partial charge in [-0.25, -0.2) is 0 Å². The zero-order valence-corrected chi connectivity index (χ0v) is 18.1. The highest BCUT2D eigenvalue weighted by Gasteiger charge is 2.16. The number of likely N-dealkylation sites (N-methyl/N-ethyl adjacent to an activating group) is 2. The van der Waals surface area contributed by atoms with Crippen molar-refractivity contribution in [2.45, 2.75) is 19.9 Å². The van der Waals surface area contributed by atoms with E-state index in [0.717, 1.165) is 12.0 Å². The number of carbonyl (C=O) groups is 2. The summed E-state index contributed by atoms with van der Waals surface area (Å²) in [6.07, 6.45) is 0.989. The molecule has 2 aromatic carbocycles. The summed E-state index contributed by atoms with van der Waals surface area (Å²) in [5.41, 5.74) is 2.84. The number of halogens is 1. The first-order chi connectivity index (χ1) is 13.8. The summed E-state index contributed by atoms with van der Waals surface area (Å²) >= 11 is 5.98. The molecule has 2 rings (SSSR count). The maximum atomic E-state index is 12.5. The van der Waals surface area contributed by atoms with Crippen molar-refractivity contribution < 1.29 is 14.3 Å². The molecule has 0 bridgehead atoms. The summed E-state index contributed by atoms with van der Waals surface area (Å²) in [6, 6.07) is 13.2. The highest BCUT2D eigenvalue weighted by atomic mass is 35.5. The predicted octanol–water partition coefficient (Wildman–Crippen LogP) is 3.44. The number of anilines is 1. The number of nitrogens with one attached hydrogen (secondary N) is 1. The Morgan fingerprint density at radius 1 is 1.03 bits per heavy atom. The van der Waals surface area contributed by atoms with Crippen LogP contribution < -0.4 is 10.1 Å². The summed E-state index contributed by atoms with van der Waals surface area (Å²) in [5, 5.41) is 3.27. The van der Waals surface area contributed by atoms with Gasteiger partial charge >= 0.3 is 0 Å². The topological polar surface area (TPSA) is 61.9 Å². The van der Waals surface area contributed by atoms with Crippen molar-refractivity contribution in [3.05, 3.63) is 58.6 Å². The molecule has 1 N–H and O–H groups in total. The molecule has 0 aliphatic rings. The van der Waals surface area contributed by atoms with E-state index in [9.17, 15) is 9.59 Å². The second-order valence-corrected chi connectivity index (χ2v) is 7.42. The van der Waals surface area contributed by atoms with Crippen LogP contribution in [0.4, 0.5) is 5.69 Å². The lowest BCUT2D eigenvalue weighted by molar-refractivity contribution is -0.131. The third-order valence-corrected chi connectivity index (χ3v) is 4.77. The van der Waals surface area contributed by atoms with E-state index in [-0.39, 0.29) is 24.9 Å². The predicted molar refractivity (Wildman–Crippen MR) is 116 cm³/mol. The van der Waals surface area contributed by atoms with E-state index >= 15 is 0 Å². The van der Waals surface area contributed by atoms with Crippen LogP contribution in [0.15, 0.2) is 42.5 Å². The second kappa shape index (κ2) is 10.8. The van der Waals surface area contributed by atoms with E-state index in [1.54, 1.807) is 42.1 Å². The Kier molecular flexibility index (Phi) is 8.49. The fraction of sp³-hybridized carbons (Fsp3) is 0.364. The fourth-order valence-corrected chi connectivity index (χ4v) is 3.03. The molecule has 0 saturated carbocycles. The van der Waals surface area contributed by atoms with Crippen LogP contribution in [0.5, 0.6) is 5.75 Å². The Hall–Kier alpha value is -2.57. The molecule has 2 amide bonds. The zero-order chi connectivity index (χ0) is 21.4. The minimum Gasteiger partial charge on any atom is -0.495 e. The van der Waals surface area contributed by atoms with Crippen LogP contribution in [0.1, 0.15) is 18.1 Å². The highest BCUT2D eigenvalue weighted by Crippen LogP contribution is 2.27. The maximum Gasteiger partial charge on any atom is 0.238 e. The number of hydrogen-bond acceptors (Lipinski definition) is 4. The number of carbonyl (C=O) groups excluding carboxylic acids is 2. The smallest absolute Gasteiger partial charge is 0.238 e. The SMILES string of the molecule is CCc1ccc(CN(C)C(=O)CN(C)CC(=O)Nc2cc(Cl)ccc2OC)cc1. The van der Waals surface area contributed by atoms with Gasteiger partial charge < -0.3 is 15.0 Å². The number of benzene rings is 2. The van der Waals surface area contributed by atoms with Gasteiger partial charge in [-0.1, -0.05) is 42.8 Å². The number of rotatable bonds is 9. The van der Waals surface area contributed by atoms with Crippen molar-refractivity contribution in [1.82, 2.24) is 9.80 Å². The molecule has 0 fully saturated rings. The number of aryl methyl sites for hydroxylation is 1. The average molecular weight is 418 g/mol. The highest BCUT2D eigenvalue weighted by molar-refractivity contribution is 6.31. The first-order valence-electron chi connectivity index (χ1n) is 9.46. The molecule has 0 heterocycles. The standard InChI is InChI=1S/C22H28ClN3O3/c1-5-16-6-8-17(9-7-16)13-26(3)22(28)15-25(2)14-21(27)24-19-12-18(23)10-11-20(19)29-4/h6-12H,5,13-15H2,1-4H3,(H,24,27). The van der Waals surface area contributed by atoms with Crippen LogP contribution in [0.25, 0.3) is 0 Å². The molecule has 0 unspecified atom stereocenters. The maximum absolute atomic E-state index is 12.5. The van der Waals surface area contributed by atoms with Crippen LogP contribution in [0.2, 0.25) is 5.02 Å². The molecule has 2 aromatic rings. The molecule has 0 aromatic heterocycles. The summed E-state index contributed by atoms with van der Waals surface area (Å²) in [6.45, 7) is 2.85. The van der Waals surface area contributed by atoms with Crippen molar-refractivity contribution in [3.8, 4) is 5.75 Å². The number of hydrogen-bond donors (Lipinski definition) is 1. The van der Waals surface area contributed by atoms with E-state index in [2.05, 4.69) is 24.4 Å². The Labute approximate surface area is 177 Å². The Balaban J connectivity index is 1.85. The van der Waals surface area contributed by atoms with Gasteiger partial charge in [-0.3, -0.25) is 14.5 Å². The van der Waals surface area contributed by atoms with Crippen molar-refractivity contribution >= 4 is 29.1 Å². The van der Waals surface area contributed by atoms with Crippen LogP contribution in [0, 0.1) is 0 Å². The van der Waals surface area contributed by atoms with Gasteiger partial charge in [0.15, 0.2) is 0 Å². The monoisotopic (exact) mass is 417 g/mol. The average Bonchev–Trinajstić information content (AvgIpc) is 2.68. The molecule has 0 aliphatic heterocycles. The summed E-state index contributed by atoms with van der Waals surface area (Å²) in [5.74, 6) is 0.217. The van der Waals surface area contributed by atoms with Gasteiger partial charge in [0.05, 0.1) is 25.9 Å². The molecule has 6 nitrogen and oxygen atoms in total. The van der Waals surface area contributed by atoms with E-state index < -0.39 is 0 Å². The summed E-state index contributed by atoms with van der Waals surface area (Å²) < 4.78 is 5.23. The third kappa shape index (κ3) is 7.07. The molecule has 156 valence electrons. The van der Waals surface area contributed by atoms with E-state index in [1.165, 1.54) is 12.7 Å². The Morgan fingerprint density at radius 3 is 2.31 bits per heavy atom. The van der Waals surface area contributed by atoms with E-state index in [1.807, 2.05) is 12.1 Å². The number of methoxy groups -OCH3 is 1. The van der Waals surface area contributed by atoms with E-state index in [4.69, 9.17) is 16.3 Å². The normalized spacial score (nSPS) is 10.7. The first kappa shape index (κ1) is 22.7. The number of ether oxygens (including phenoxy) is 1. The van der Waals surface area contributed by atoms with Crippen LogP contribution in [0.3, 0.4) is 0 Å². The molecular formula is C22H28ClN3O3. The van der Waals surface area contributed by atoms with Gasteiger partial charge in [-0.15, -0.1) is 0 Å². The van der Waals surface area contributed by atoms with Gasteiger partial charge in [0, 0.05) is 18.6 Å². The van der Waals surface area contributed by atoms with Crippen molar-refractivity contribution in [2.24, 2.45) is 0 Å². The molecule has 0 saturated heterocycles. The quantitative estimate of drug-likeness (QED) is 0.678. The van der Waals surface area contributed by atoms with Crippen molar-refractivity contribution in [2.75, 3.05) is 39.6 Å². The van der Waals surface area contributed by atoms with E-state index in [0.29, 0.717) is 23.0 Å². The first-order valence-corrected chi connectivity index (χ1v) is 9.84. The largest absolute Gasteiger partial charge is 0.495 e. The third-order valence-electron chi connectivity index (χ3n) is 4.53. The van der Waals surface area contributed by atoms with Crippen LogP contribution in [-0.2, 0) is 22.6 Å². The van der Waals surface area contributed by atoms with Crippen molar-refractivity contribution in [1.29, 1.82) is 0 Å². The van der Waals surface area contributed by atoms with Gasteiger partial charge in [-0.05, 0) is 42.8 Å². The summed E-state index contributed by atoms with van der Waals surface area (Å²) in [7, 11) is 5.02. The van der Waals surface area contributed by atoms with Gasteiger partial charge in [0.1, 0.15) is 5.75 Å². The summed E-state index contributed by atoms with van der Waals surface area (Å²) in [4.78, 5) is 28.1. The molecule has 7 heteroatoms. The number of amides is 2. The molecule has 29 heavy (non-hydrogen) atoms. The van der Waals surface area contributed by atoms with Crippen LogP contribution >= 0.6 is 11.6 Å². The van der Waals surface area contributed by atoms with Gasteiger partial charge in [0.2, 0.25) is 11.8 Å². The minimum atomic E-state index is -0.251. The Morgan fingerprint density at radius 2 is 1.69 bits per heavy atom.